The van der Waals surface area contributed by atoms with Crippen molar-refractivity contribution < 1.29 is 4.79 Å². The van der Waals surface area contributed by atoms with Crippen LogP contribution in [0.15, 0.2) is 18.3 Å². The Morgan fingerprint density at radius 2 is 2.41 bits per heavy atom. The van der Waals surface area contributed by atoms with Gasteiger partial charge >= 0.3 is 0 Å². The lowest BCUT2D eigenvalue weighted by atomic mass is 10.1. The van der Waals surface area contributed by atoms with Crippen LogP contribution in [0.1, 0.15) is 16.8 Å². The highest BCUT2D eigenvalue weighted by atomic mass is 35.5. The fourth-order valence-electron chi connectivity index (χ4n) is 1.93. The molecule has 0 aliphatic carbocycles. The third-order valence-electron chi connectivity index (χ3n) is 2.90. The van der Waals surface area contributed by atoms with Gasteiger partial charge in [0.05, 0.1) is 5.56 Å². The molecule has 2 heterocycles. The smallest absolute Gasteiger partial charge is 0.256 e. The first kappa shape index (κ1) is 14.2. The normalized spacial score (nSPS) is 18.9. The van der Waals surface area contributed by atoms with E-state index in [1.54, 1.807) is 23.2 Å². The Bertz CT molecular complexity index is 400. The third-order valence-corrected chi connectivity index (χ3v) is 3.20. The highest BCUT2D eigenvalue weighted by molar-refractivity contribution is 6.32. The lowest BCUT2D eigenvalue weighted by Gasteiger charge is -2.16. The summed E-state index contributed by atoms with van der Waals surface area (Å²) in [6.45, 7) is 2.11. The summed E-state index contributed by atoms with van der Waals surface area (Å²) >= 11 is 5.88. The first-order valence-electron chi connectivity index (χ1n) is 5.32. The molecule has 1 aromatic heterocycles. The molecule has 1 unspecified atom stereocenters. The van der Waals surface area contributed by atoms with Gasteiger partial charge < -0.3 is 10.6 Å². The zero-order chi connectivity index (χ0) is 11.5. The fourth-order valence-corrected chi connectivity index (χ4v) is 2.13. The van der Waals surface area contributed by atoms with Crippen LogP contribution in [0.4, 0.5) is 0 Å². The lowest BCUT2D eigenvalue weighted by Crippen LogP contribution is -2.30. The minimum absolute atomic E-state index is 0. The molecule has 6 heteroatoms. The third kappa shape index (κ3) is 3.09. The first-order chi connectivity index (χ1) is 7.72. The van der Waals surface area contributed by atoms with E-state index in [0.29, 0.717) is 18.0 Å². The van der Waals surface area contributed by atoms with Gasteiger partial charge in [-0.05, 0) is 31.0 Å². The van der Waals surface area contributed by atoms with E-state index in [1.165, 1.54) is 0 Å². The molecule has 0 saturated carbocycles. The van der Waals surface area contributed by atoms with Gasteiger partial charge in [-0.1, -0.05) is 11.6 Å². The summed E-state index contributed by atoms with van der Waals surface area (Å²) < 4.78 is 0. The molecule has 0 bridgehead atoms. The monoisotopic (exact) mass is 275 g/mol. The molecule has 0 radical (unpaired) electrons. The fraction of sp³-hybridized carbons (Fsp3) is 0.455. The first-order valence-corrected chi connectivity index (χ1v) is 5.70. The van der Waals surface area contributed by atoms with E-state index in [-0.39, 0.29) is 23.5 Å². The number of amides is 1. The number of carbonyl (C=O) groups excluding carboxylic acids is 1. The number of nitrogens with two attached hydrogens (primary N) is 1. The molecule has 17 heavy (non-hydrogen) atoms. The SMILES string of the molecule is Cl.NCC1CCN(C(=O)c2cccnc2Cl)C1. The Kier molecular flexibility index (Phi) is 5.18. The van der Waals surface area contributed by atoms with Crippen LogP contribution in [0.25, 0.3) is 0 Å². The van der Waals surface area contributed by atoms with Crippen LogP contribution in [-0.4, -0.2) is 35.4 Å². The van der Waals surface area contributed by atoms with Crippen LogP contribution < -0.4 is 5.73 Å². The van der Waals surface area contributed by atoms with Crippen molar-refractivity contribution in [3.8, 4) is 0 Å². The van der Waals surface area contributed by atoms with Crippen LogP contribution in [0.5, 0.6) is 0 Å². The molecule has 1 aromatic rings. The number of carbonyl (C=O) groups is 1. The van der Waals surface area contributed by atoms with E-state index < -0.39 is 0 Å². The molecule has 1 saturated heterocycles. The summed E-state index contributed by atoms with van der Waals surface area (Å²) in [6, 6.07) is 3.42. The standard InChI is InChI=1S/C11H14ClN3O.ClH/c12-10-9(2-1-4-14-10)11(16)15-5-3-8(6-13)7-15;/h1-2,4,8H,3,5-7,13H2;1H. The second kappa shape index (κ2) is 6.19. The molecule has 2 rings (SSSR count). The number of nitrogens with zero attached hydrogens (tertiary/aromatic N) is 2. The predicted molar refractivity (Wildman–Crippen MR) is 69.6 cm³/mol. The van der Waals surface area contributed by atoms with Crippen LogP contribution in [0.2, 0.25) is 5.15 Å². The van der Waals surface area contributed by atoms with Gasteiger partial charge in [-0.2, -0.15) is 0 Å². The van der Waals surface area contributed by atoms with E-state index in [2.05, 4.69) is 4.98 Å². The zero-order valence-electron chi connectivity index (χ0n) is 9.30. The van der Waals surface area contributed by atoms with Crippen LogP contribution in [0, 0.1) is 5.92 Å². The Morgan fingerprint density at radius 1 is 1.65 bits per heavy atom. The Hall–Kier alpha value is -0.840. The van der Waals surface area contributed by atoms with E-state index >= 15 is 0 Å². The maximum Gasteiger partial charge on any atom is 0.256 e. The van der Waals surface area contributed by atoms with Crippen LogP contribution in [0.3, 0.4) is 0 Å². The number of likely N-dealkylation sites (tertiary alicyclic amines) is 1. The molecular weight excluding hydrogens is 261 g/mol. The zero-order valence-corrected chi connectivity index (χ0v) is 10.9. The summed E-state index contributed by atoms with van der Waals surface area (Å²) in [4.78, 5) is 17.8. The van der Waals surface area contributed by atoms with Crippen molar-refractivity contribution in [1.29, 1.82) is 0 Å². The molecule has 2 N–H and O–H groups in total. The van der Waals surface area contributed by atoms with Crippen LogP contribution >= 0.6 is 24.0 Å². The maximum absolute atomic E-state index is 12.1. The molecule has 0 spiro atoms. The summed E-state index contributed by atoms with van der Waals surface area (Å²) in [5, 5.41) is 0.267. The van der Waals surface area contributed by atoms with Crippen LogP contribution in [-0.2, 0) is 0 Å². The Labute approximate surface area is 112 Å². The van der Waals surface area contributed by atoms with E-state index in [4.69, 9.17) is 17.3 Å². The molecular formula is C11H15Cl2N3O. The van der Waals surface area contributed by atoms with Crippen molar-refractivity contribution in [2.24, 2.45) is 11.7 Å². The molecule has 1 atom stereocenters. The predicted octanol–water partition coefficient (Wildman–Crippen LogP) is 1.58. The van der Waals surface area contributed by atoms with Gasteiger partial charge in [0.25, 0.3) is 5.91 Å². The highest BCUT2D eigenvalue weighted by Crippen LogP contribution is 2.20. The topological polar surface area (TPSA) is 59.2 Å². The average Bonchev–Trinajstić information content (AvgIpc) is 2.77. The molecule has 94 valence electrons. The van der Waals surface area contributed by atoms with Gasteiger partial charge in [-0.25, -0.2) is 4.98 Å². The molecule has 1 aliphatic rings. The Balaban J connectivity index is 0.00000144. The summed E-state index contributed by atoms with van der Waals surface area (Å²) in [6.07, 6.45) is 2.55. The molecule has 1 aliphatic heterocycles. The second-order valence-corrected chi connectivity index (χ2v) is 4.34. The minimum atomic E-state index is -0.0472. The van der Waals surface area contributed by atoms with Gasteiger partial charge in [0.1, 0.15) is 5.15 Å². The lowest BCUT2D eigenvalue weighted by molar-refractivity contribution is 0.0787. The van der Waals surface area contributed by atoms with Gasteiger partial charge in [0, 0.05) is 19.3 Å². The molecule has 0 aromatic carbocycles. The summed E-state index contributed by atoms with van der Waals surface area (Å²) in [5.41, 5.74) is 6.06. The van der Waals surface area contributed by atoms with Crippen molar-refractivity contribution in [3.05, 3.63) is 29.0 Å². The average molecular weight is 276 g/mol. The quantitative estimate of drug-likeness (QED) is 0.834. The summed E-state index contributed by atoms with van der Waals surface area (Å²) in [5.74, 6) is 0.369. The molecule has 1 amide bonds. The van der Waals surface area contributed by atoms with Crippen molar-refractivity contribution in [2.75, 3.05) is 19.6 Å². The largest absolute Gasteiger partial charge is 0.338 e. The second-order valence-electron chi connectivity index (χ2n) is 3.98. The number of hydrogen-bond donors (Lipinski definition) is 1. The van der Waals surface area contributed by atoms with E-state index in [9.17, 15) is 4.79 Å². The van der Waals surface area contributed by atoms with Gasteiger partial charge in [-0.3, -0.25) is 4.79 Å². The van der Waals surface area contributed by atoms with Gasteiger partial charge in [-0.15, -0.1) is 12.4 Å². The number of rotatable bonds is 2. The van der Waals surface area contributed by atoms with Crippen molar-refractivity contribution >= 4 is 29.9 Å². The molecule has 4 nitrogen and oxygen atoms in total. The minimum Gasteiger partial charge on any atom is -0.338 e. The number of hydrogen-bond acceptors (Lipinski definition) is 3. The maximum atomic E-state index is 12.1. The number of aromatic nitrogens is 1. The van der Waals surface area contributed by atoms with E-state index in [0.717, 1.165) is 19.5 Å². The van der Waals surface area contributed by atoms with Gasteiger partial charge in [0.2, 0.25) is 0 Å². The number of pyridine rings is 1. The van der Waals surface area contributed by atoms with Crippen molar-refractivity contribution in [2.45, 2.75) is 6.42 Å². The number of halogens is 2. The Morgan fingerprint density at radius 3 is 3.00 bits per heavy atom. The highest BCUT2D eigenvalue weighted by Gasteiger charge is 2.27. The summed E-state index contributed by atoms with van der Waals surface area (Å²) in [7, 11) is 0. The van der Waals surface area contributed by atoms with Crippen molar-refractivity contribution in [1.82, 2.24) is 9.88 Å². The van der Waals surface area contributed by atoms with Gasteiger partial charge in [0.15, 0.2) is 0 Å². The molecule has 1 fully saturated rings. The van der Waals surface area contributed by atoms with Crippen molar-refractivity contribution in [3.63, 3.8) is 0 Å². The van der Waals surface area contributed by atoms with E-state index in [1.807, 2.05) is 0 Å².